The minimum absolute atomic E-state index is 0.257. The lowest BCUT2D eigenvalue weighted by atomic mass is 10.0. The number of likely N-dealkylation sites (N-methyl/N-ethyl adjacent to an activating group) is 1. The number of benzene rings is 1. The molecule has 2 N–H and O–H groups in total. The van der Waals surface area contributed by atoms with Crippen LogP contribution in [0.25, 0.3) is 0 Å². The Morgan fingerprint density at radius 1 is 1.11 bits per heavy atom. The number of amides is 3. The quantitative estimate of drug-likeness (QED) is 0.702. The van der Waals surface area contributed by atoms with Crippen LogP contribution < -0.4 is 10.6 Å². The highest BCUT2D eigenvalue weighted by molar-refractivity contribution is 5.90. The van der Waals surface area contributed by atoms with E-state index >= 15 is 0 Å². The number of ether oxygens (including phenoxy) is 1. The highest BCUT2D eigenvalue weighted by Gasteiger charge is 2.28. The fraction of sp³-hybridized carbons (Fsp3) is 0.526. The number of hydroxylamine groups is 2. The Morgan fingerprint density at radius 2 is 1.70 bits per heavy atom. The predicted octanol–water partition coefficient (Wildman–Crippen LogP) is 1.65. The number of nitrogens with zero attached hydrogens (tertiary/aromatic N) is 1. The Balaban J connectivity index is 2.87. The van der Waals surface area contributed by atoms with Crippen LogP contribution in [0.1, 0.15) is 33.3 Å². The van der Waals surface area contributed by atoms with E-state index in [1.54, 1.807) is 27.7 Å². The van der Waals surface area contributed by atoms with Gasteiger partial charge in [0.1, 0.15) is 17.7 Å². The van der Waals surface area contributed by atoms with Crippen molar-refractivity contribution in [2.24, 2.45) is 0 Å². The van der Waals surface area contributed by atoms with Crippen molar-refractivity contribution in [2.45, 2.75) is 51.8 Å². The first kappa shape index (κ1) is 22.4. The third-order valence-corrected chi connectivity index (χ3v) is 3.60. The molecular formula is C19H29N3O5. The monoisotopic (exact) mass is 379 g/mol. The van der Waals surface area contributed by atoms with Crippen LogP contribution in [0, 0.1) is 0 Å². The van der Waals surface area contributed by atoms with Gasteiger partial charge in [-0.15, -0.1) is 0 Å². The van der Waals surface area contributed by atoms with Crippen LogP contribution in [0.15, 0.2) is 30.3 Å². The molecule has 2 atom stereocenters. The molecule has 8 nitrogen and oxygen atoms in total. The molecule has 150 valence electrons. The Morgan fingerprint density at radius 3 is 2.22 bits per heavy atom. The molecule has 1 aromatic rings. The van der Waals surface area contributed by atoms with Gasteiger partial charge in [0.05, 0.1) is 7.11 Å². The van der Waals surface area contributed by atoms with E-state index in [1.165, 1.54) is 14.2 Å². The zero-order chi connectivity index (χ0) is 20.6. The van der Waals surface area contributed by atoms with Crippen LogP contribution in [0.5, 0.6) is 0 Å². The molecule has 0 aliphatic rings. The highest BCUT2D eigenvalue weighted by atomic mass is 16.7. The van der Waals surface area contributed by atoms with Crippen LogP contribution in [0.2, 0.25) is 0 Å². The molecule has 27 heavy (non-hydrogen) atoms. The molecule has 0 saturated carbocycles. The summed E-state index contributed by atoms with van der Waals surface area (Å²) in [5.41, 5.74) is 0.171. The number of hydrogen-bond acceptors (Lipinski definition) is 5. The van der Waals surface area contributed by atoms with Crippen LogP contribution in [0.3, 0.4) is 0 Å². The Bertz CT molecular complexity index is 642. The molecule has 3 amide bonds. The van der Waals surface area contributed by atoms with Gasteiger partial charge in [-0.25, -0.2) is 9.86 Å². The SMILES string of the molecule is CON(C)C(=O)[C@H](C)NC(=O)[C@H](Cc1ccccc1)NC(=O)OC(C)(C)C. The van der Waals surface area contributed by atoms with Gasteiger partial charge in [-0.1, -0.05) is 30.3 Å². The van der Waals surface area contributed by atoms with Crippen molar-refractivity contribution >= 4 is 17.9 Å². The minimum Gasteiger partial charge on any atom is -0.444 e. The molecule has 0 spiro atoms. The van der Waals surface area contributed by atoms with Gasteiger partial charge in [0.15, 0.2) is 0 Å². The number of alkyl carbamates (subject to hydrolysis) is 1. The smallest absolute Gasteiger partial charge is 0.408 e. The lowest BCUT2D eigenvalue weighted by Crippen LogP contribution is -2.54. The molecule has 0 unspecified atom stereocenters. The van der Waals surface area contributed by atoms with Gasteiger partial charge in [0.2, 0.25) is 5.91 Å². The summed E-state index contributed by atoms with van der Waals surface area (Å²) < 4.78 is 5.24. The zero-order valence-corrected chi connectivity index (χ0v) is 16.7. The molecule has 0 heterocycles. The fourth-order valence-corrected chi connectivity index (χ4v) is 2.25. The Hall–Kier alpha value is -2.61. The van der Waals surface area contributed by atoms with Gasteiger partial charge in [-0.3, -0.25) is 14.4 Å². The summed E-state index contributed by atoms with van der Waals surface area (Å²) >= 11 is 0. The van der Waals surface area contributed by atoms with Crippen LogP contribution in [-0.4, -0.2) is 54.8 Å². The van der Waals surface area contributed by atoms with Crippen molar-refractivity contribution in [2.75, 3.05) is 14.2 Å². The third-order valence-electron chi connectivity index (χ3n) is 3.60. The summed E-state index contributed by atoms with van der Waals surface area (Å²) in [6, 6.07) is 7.54. The standard InChI is InChI=1S/C19H29N3O5/c1-13(17(24)22(5)26-6)20-16(23)15(12-14-10-8-7-9-11-14)21-18(25)27-19(2,3)4/h7-11,13,15H,12H2,1-6H3,(H,20,23)(H,21,25)/t13-,15-/m0/s1. The Labute approximate surface area is 160 Å². The maximum atomic E-state index is 12.7. The molecular weight excluding hydrogens is 350 g/mol. The van der Waals surface area contributed by atoms with E-state index in [0.717, 1.165) is 10.6 Å². The summed E-state index contributed by atoms with van der Waals surface area (Å²) in [5.74, 6) is -0.906. The van der Waals surface area contributed by atoms with Gasteiger partial charge in [0.25, 0.3) is 5.91 Å². The number of hydrogen-bond donors (Lipinski definition) is 2. The van der Waals surface area contributed by atoms with Crippen LogP contribution in [-0.2, 0) is 25.6 Å². The number of carbonyl (C=O) groups is 3. The maximum absolute atomic E-state index is 12.7. The normalized spacial score (nSPS) is 13.3. The maximum Gasteiger partial charge on any atom is 0.408 e. The van der Waals surface area contributed by atoms with E-state index in [2.05, 4.69) is 10.6 Å². The van der Waals surface area contributed by atoms with Crippen molar-refractivity contribution in [1.82, 2.24) is 15.7 Å². The number of nitrogens with one attached hydrogen (secondary N) is 2. The Kier molecular flexibility index (Phi) is 8.24. The summed E-state index contributed by atoms with van der Waals surface area (Å²) in [6.45, 7) is 6.75. The van der Waals surface area contributed by atoms with Gasteiger partial charge < -0.3 is 15.4 Å². The first-order valence-corrected chi connectivity index (χ1v) is 8.69. The predicted molar refractivity (Wildman–Crippen MR) is 101 cm³/mol. The number of rotatable bonds is 7. The fourth-order valence-electron chi connectivity index (χ4n) is 2.25. The lowest BCUT2D eigenvalue weighted by Gasteiger charge is -2.25. The molecule has 0 aliphatic carbocycles. The second kappa shape index (κ2) is 9.91. The molecule has 8 heteroatoms. The lowest BCUT2D eigenvalue weighted by molar-refractivity contribution is -0.171. The summed E-state index contributed by atoms with van der Waals surface area (Å²) in [4.78, 5) is 41.7. The average molecular weight is 379 g/mol. The van der Waals surface area contributed by atoms with Gasteiger partial charge in [-0.05, 0) is 33.3 Å². The molecule has 0 aromatic heterocycles. The van der Waals surface area contributed by atoms with Crippen molar-refractivity contribution < 1.29 is 24.0 Å². The zero-order valence-electron chi connectivity index (χ0n) is 16.7. The third kappa shape index (κ3) is 8.08. The molecule has 1 aromatic carbocycles. The van der Waals surface area contributed by atoms with Gasteiger partial charge >= 0.3 is 6.09 Å². The molecule has 0 fully saturated rings. The van der Waals surface area contributed by atoms with E-state index in [-0.39, 0.29) is 6.42 Å². The van der Waals surface area contributed by atoms with Crippen molar-refractivity contribution in [1.29, 1.82) is 0 Å². The van der Waals surface area contributed by atoms with Crippen molar-refractivity contribution in [3.8, 4) is 0 Å². The molecule has 0 radical (unpaired) electrons. The summed E-state index contributed by atoms with van der Waals surface area (Å²) in [7, 11) is 2.81. The second-order valence-corrected chi connectivity index (χ2v) is 7.14. The van der Waals surface area contributed by atoms with E-state index in [0.29, 0.717) is 0 Å². The topological polar surface area (TPSA) is 97.0 Å². The summed E-state index contributed by atoms with van der Waals surface area (Å²) in [5, 5.41) is 6.21. The van der Waals surface area contributed by atoms with E-state index in [9.17, 15) is 14.4 Å². The van der Waals surface area contributed by atoms with E-state index < -0.39 is 35.6 Å². The first-order chi connectivity index (χ1) is 12.5. The van der Waals surface area contributed by atoms with Crippen molar-refractivity contribution in [3.63, 3.8) is 0 Å². The van der Waals surface area contributed by atoms with Gasteiger partial charge in [-0.2, -0.15) is 0 Å². The second-order valence-electron chi connectivity index (χ2n) is 7.14. The van der Waals surface area contributed by atoms with Gasteiger partial charge in [0, 0.05) is 13.5 Å². The number of carbonyl (C=O) groups excluding carboxylic acids is 3. The molecule has 0 saturated heterocycles. The summed E-state index contributed by atoms with van der Waals surface area (Å²) in [6.07, 6.45) is -0.445. The average Bonchev–Trinajstić information content (AvgIpc) is 2.58. The van der Waals surface area contributed by atoms with Crippen LogP contribution in [0.4, 0.5) is 4.79 Å². The largest absolute Gasteiger partial charge is 0.444 e. The highest BCUT2D eigenvalue weighted by Crippen LogP contribution is 2.09. The van der Waals surface area contributed by atoms with Crippen LogP contribution >= 0.6 is 0 Å². The molecule has 0 bridgehead atoms. The first-order valence-electron chi connectivity index (χ1n) is 8.69. The van der Waals surface area contributed by atoms with E-state index in [4.69, 9.17) is 9.57 Å². The van der Waals surface area contributed by atoms with E-state index in [1.807, 2.05) is 30.3 Å². The molecule has 0 aliphatic heterocycles. The minimum atomic E-state index is -0.898. The van der Waals surface area contributed by atoms with Crippen molar-refractivity contribution in [3.05, 3.63) is 35.9 Å². The molecule has 1 rings (SSSR count).